The van der Waals surface area contributed by atoms with Crippen molar-refractivity contribution in [3.63, 3.8) is 0 Å². The Morgan fingerprint density at radius 3 is 2.41 bits per heavy atom. The molecule has 3 heteroatoms. The number of hydrogen-bond acceptors (Lipinski definition) is 3. The van der Waals surface area contributed by atoms with Gasteiger partial charge in [0.25, 0.3) is 0 Å². The molecular weight excluding hydrogens is 212 g/mol. The van der Waals surface area contributed by atoms with Crippen molar-refractivity contribution in [2.45, 2.75) is 70.5 Å². The van der Waals surface area contributed by atoms with Crippen LogP contribution in [0.5, 0.6) is 0 Å². The highest BCUT2D eigenvalue weighted by Crippen LogP contribution is 2.21. The molecule has 0 aliphatic heterocycles. The molecule has 0 aromatic heterocycles. The molecule has 102 valence electrons. The van der Waals surface area contributed by atoms with Crippen LogP contribution in [0, 0.1) is 0 Å². The summed E-state index contributed by atoms with van der Waals surface area (Å²) in [7, 11) is 2.24. The van der Waals surface area contributed by atoms with Crippen molar-refractivity contribution in [3.05, 3.63) is 0 Å². The maximum atomic E-state index is 9.32. The van der Waals surface area contributed by atoms with Gasteiger partial charge in [-0.2, -0.15) is 0 Å². The molecule has 2 N–H and O–H groups in total. The molecule has 3 nitrogen and oxygen atoms in total. The van der Waals surface area contributed by atoms with E-state index in [2.05, 4.69) is 31.1 Å². The van der Waals surface area contributed by atoms with Gasteiger partial charge in [0.2, 0.25) is 0 Å². The summed E-state index contributed by atoms with van der Waals surface area (Å²) in [6.07, 6.45) is 7.96. The lowest BCUT2D eigenvalue weighted by molar-refractivity contribution is 0.165. The molecule has 0 aromatic rings. The average Bonchev–Trinajstić information content (AvgIpc) is 2.34. The fraction of sp³-hybridized carbons (Fsp3) is 1.00. The van der Waals surface area contributed by atoms with Gasteiger partial charge in [0.05, 0.1) is 6.61 Å². The van der Waals surface area contributed by atoms with Gasteiger partial charge in [-0.25, -0.2) is 0 Å². The fourth-order valence-corrected chi connectivity index (χ4v) is 2.76. The van der Waals surface area contributed by atoms with Crippen LogP contribution in [0.4, 0.5) is 0 Å². The Hall–Kier alpha value is -0.120. The van der Waals surface area contributed by atoms with Gasteiger partial charge >= 0.3 is 0 Å². The first-order chi connectivity index (χ1) is 8.13. The van der Waals surface area contributed by atoms with Crippen LogP contribution in [0.1, 0.15) is 52.4 Å². The number of rotatable bonds is 7. The summed E-state index contributed by atoms with van der Waals surface area (Å²) in [6, 6.07) is 1.48. The summed E-state index contributed by atoms with van der Waals surface area (Å²) < 4.78 is 0. The Morgan fingerprint density at radius 1 is 1.24 bits per heavy atom. The minimum atomic E-state index is 0.247. The van der Waals surface area contributed by atoms with Gasteiger partial charge in [0.1, 0.15) is 0 Å². The number of aliphatic hydroxyl groups is 1. The molecule has 1 aliphatic carbocycles. The van der Waals surface area contributed by atoms with Gasteiger partial charge < -0.3 is 15.3 Å². The Morgan fingerprint density at radius 2 is 1.88 bits per heavy atom. The maximum absolute atomic E-state index is 9.32. The molecule has 0 heterocycles. The second-order valence-corrected chi connectivity index (χ2v) is 5.76. The molecule has 1 aliphatic rings. The highest BCUT2D eigenvalue weighted by molar-refractivity contribution is 4.76. The second-order valence-electron chi connectivity index (χ2n) is 5.76. The number of nitrogens with one attached hydrogen (secondary N) is 1. The van der Waals surface area contributed by atoms with Crippen LogP contribution >= 0.6 is 0 Å². The molecule has 0 spiro atoms. The molecule has 0 aromatic carbocycles. The maximum Gasteiger partial charge on any atom is 0.0585 e. The SMILES string of the molecule is CC(C)NC(CO)CCN(C)C1CCCCC1. The molecule has 1 unspecified atom stereocenters. The zero-order chi connectivity index (χ0) is 12.7. The molecule has 1 rings (SSSR count). The van der Waals surface area contributed by atoms with Crippen molar-refractivity contribution in [2.75, 3.05) is 20.2 Å². The Kier molecular flexibility index (Phi) is 7.09. The average molecular weight is 242 g/mol. The minimum absolute atomic E-state index is 0.247. The van der Waals surface area contributed by atoms with E-state index in [1.165, 1.54) is 32.1 Å². The van der Waals surface area contributed by atoms with Gasteiger partial charge in [-0.1, -0.05) is 33.1 Å². The first kappa shape index (κ1) is 14.9. The summed E-state index contributed by atoms with van der Waals surface area (Å²) in [6.45, 7) is 5.60. The monoisotopic (exact) mass is 242 g/mol. The van der Waals surface area contributed by atoms with Crippen molar-refractivity contribution in [1.82, 2.24) is 10.2 Å². The Balaban J connectivity index is 2.22. The van der Waals surface area contributed by atoms with Crippen LogP contribution in [0.15, 0.2) is 0 Å². The minimum Gasteiger partial charge on any atom is -0.395 e. The normalized spacial score (nSPS) is 20.1. The molecule has 1 atom stereocenters. The van der Waals surface area contributed by atoms with E-state index in [1.807, 2.05) is 0 Å². The predicted molar refractivity (Wildman–Crippen MR) is 73.3 cm³/mol. The Bertz CT molecular complexity index is 191. The standard InChI is InChI=1S/C14H30N2O/c1-12(2)15-13(11-17)9-10-16(3)14-7-5-4-6-8-14/h12-15,17H,4-11H2,1-3H3. The summed E-state index contributed by atoms with van der Waals surface area (Å²) >= 11 is 0. The van der Waals surface area contributed by atoms with E-state index in [4.69, 9.17) is 0 Å². The molecular formula is C14H30N2O. The number of nitrogens with zero attached hydrogens (tertiary/aromatic N) is 1. The quantitative estimate of drug-likeness (QED) is 0.717. The molecule has 17 heavy (non-hydrogen) atoms. The van der Waals surface area contributed by atoms with E-state index in [-0.39, 0.29) is 12.6 Å². The lowest BCUT2D eigenvalue weighted by Crippen LogP contribution is -2.41. The van der Waals surface area contributed by atoms with E-state index in [1.54, 1.807) is 0 Å². The van der Waals surface area contributed by atoms with Crippen LogP contribution in [-0.2, 0) is 0 Å². The van der Waals surface area contributed by atoms with E-state index in [0.29, 0.717) is 6.04 Å². The van der Waals surface area contributed by atoms with Gasteiger partial charge in [-0.15, -0.1) is 0 Å². The molecule has 0 radical (unpaired) electrons. The third-order valence-corrected chi connectivity index (χ3v) is 3.82. The van der Waals surface area contributed by atoms with Gasteiger partial charge in [-0.05, 0) is 32.9 Å². The summed E-state index contributed by atoms with van der Waals surface area (Å²) in [5.41, 5.74) is 0. The largest absolute Gasteiger partial charge is 0.395 e. The Labute approximate surface area is 107 Å². The van der Waals surface area contributed by atoms with Crippen molar-refractivity contribution in [3.8, 4) is 0 Å². The van der Waals surface area contributed by atoms with Crippen molar-refractivity contribution in [2.24, 2.45) is 0 Å². The van der Waals surface area contributed by atoms with E-state index >= 15 is 0 Å². The molecule has 1 fully saturated rings. The smallest absolute Gasteiger partial charge is 0.0585 e. The van der Waals surface area contributed by atoms with Crippen molar-refractivity contribution < 1.29 is 5.11 Å². The number of hydrogen-bond donors (Lipinski definition) is 2. The third kappa shape index (κ3) is 5.84. The summed E-state index contributed by atoms with van der Waals surface area (Å²) in [4.78, 5) is 2.49. The van der Waals surface area contributed by atoms with E-state index in [0.717, 1.165) is 19.0 Å². The van der Waals surface area contributed by atoms with Crippen LogP contribution in [-0.4, -0.2) is 48.3 Å². The summed E-state index contributed by atoms with van der Waals surface area (Å²) in [5.74, 6) is 0. The lowest BCUT2D eigenvalue weighted by atomic mass is 9.94. The first-order valence-corrected chi connectivity index (χ1v) is 7.20. The van der Waals surface area contributed by atoms with Crippen LogP contribution < -0.4 is 5.32 Å². The van der Waals surface area contributed by atoms with E-state index < -0.39 is 0 Å². The van der Waals surface area contributed by atoms with Crippen molar-refractivity contribution in [1.29, 1.82) is 0 Å². The van der Waals surface area contributed by atoms with Gasteiger partial charge in [0, 0.05) is 18.1 Å². The van der Waals surface area contributed by atoms with Crippen LogP contribution in [0.2, 0.25) is 0 Å². The molecule has 1 saturated carbocycles. The second kappa shape index (κ2) is 8.06. The lowest BCUT2D eigenvalue weighted by Gasteiger charge is -2.32. The van der Waals surface area contributed by atoms with Crippen LogP contribution in [0.3, 0.4) is 0 Å². The fourth-order valence-electron chi connectivity index (χ4n) is 2.76. The van der Waals surface area contributed by atoms with Crippen molar-refractivity contribution >= 4 is 0 Å². The number of aliphatic hydroxyl groups excluding tert-OH is 1. The summed E-state index contributed by atoms with van der Waals surface area (Å²) in [5, 5.41) is 12.7. The van der Waals surface area contributed by atoms with Crippen LogP contribution in [0.25, 0.3) is 0 Å². The third-order valence-electron chi connectivity index (χ3n) is 3.82. The highest BCUT2D eigenvalue weighted by Gasteiger charge is 2.18. The topological polar surface area (TPSA) is 35.5 Å². The van der Waals surface area contributed by atoms with Gasteiger partial charge in [0.15, 0.2) is 0 Å². The molecule has 0 saturated heterocycles. The molecule has 0 bridgehead atoms. The zero-order valence-corrected chi connectivity index (χ0v) is 11.8. The van der Waals surface area contributed by atoms with E-state index in [9.17, 15) is 5.11 Å². The highest BCUT2D eigenvalue weighted by atomic mass is 16.3. The van der Waals surface area contributed by atoms with Gasteiger partial charge in [-0.3, -0.25) is 0 Å². The predicted octanol–water partition coefficient (Wildman–Crippen LogP) is 2.00. The zero-order valence-electron chi connectivity index (χ0n) is 11.8. The molecule has 0 amide bonds. The first-order valence-electron chi connectivity index (χ1n) is 7.20.